The zero-order valence-electron chi connectivity index (χ0n) is 11.4. The van der Waals surface area contributed by atoms with Crippen LogP contribution < -0.4 is 5.32 Å². The molecule has 1 aromatic carbocycles. The maximum Gasteiger partial charge on any atom is 0.252 e. The van der Waals surface area contributed by atoms with Crippen molar-refractivity contribution in [3.05, 3.63) is 41.1 Å². The lowest BCUT2D eigenvalue weighted by Crippen LogP contribution is -2.27. The highest BCUT2D eigenvalue weighted by atomic mass is 16.1. The van der Waals surface area contributed by atoms with Crippen molar-refractivity contribution in [3.8, 4) is 0 Å². The van der Waals surface area contributed by atoms with E-state index in [1.807, 2.05) is 31.2 Å². The Labute approximate surface area is 113 Å². The molecule has 1 fully saturated rings. The second kappa shape index (κ2) is 4.65. The molecule has 1 aromatic heterocycles. The molecule has 1 N–H and O–H groups in total. The van der Waals surface area contributed by atoms with Crippen molar-refractivity contribution in [2.24, 2.45) is 0 Å². The van der Waals surface area contributed by atoms with E-state index >= 15 is 0 Å². The summed E-state index contributed by atoms with van der Waals surface area (Å²) < 4.78 is 0. The first kappa shape index (κ1) is 12.2. The standard InChI is InChI=1S/C16H18N2O/c1-3-13-10(2)15(16(19)17-11-8-9-11)12-6-4-5-7-14(12)18-13/h4-7,11H,3,8-9H2,1-2H3,(H,17,19). The molecule has 1 saturated carbocycles. The summed E-state index contributed by atoms with van der Waals surface area (Å²) in [6, 6.07) is 8.26. The molecule has 0 spiro atoms. The Morgan fingerprint density at radius 1 is 1.37 bits per heavy atom. The summed E-state index contributed by atoms with van der Waals surface area (Å²) in [4.78, 5) is 17.1. The first-order valence-corrected chi connectivity index (χ1v) is 6.89. The normalized spacial score (nSPS) is 14.6. The number of carbonyl (C=O) groups excluding carboxylic acids is 1. The van der Waals surface area contributed by atoms with Crippen LogP contribution in [0.25, 0.3) is 10.9 Å². The average molecular weight is 254 g/mol. The smallest absolute Gasteiger partial charge is 0.252 e. The van der Waals surface area contributed by atoms with Crippen LogP contribution in [0.1, 0.15) is 41.4 Å². The van der Waals surface area contributed by atoms with Gasteiger partial charge in [0.2, 0.25) is 0 Å². The maximum atomic E-state index is 12.5. The Morgan fingerprint density at radius 2 is 2.11 bits per heavy atom. The van der Waals surface area contributed by atoms with Crippen LogP contribution in [-0.2, 0) is 6.42 Å². The van der Waals surface area contributed by atoms with Gasteiger partial charge in [-0.2, -0.15) is 0 Å². The molecule has 2 aromatic rings. The molecule has 3 nitrogen and oxygen atoms in total. The molecule has 3 heteroatoms. The molecule has 0 radical (unpaired) electrons. The fraction of sp³-hybridized carbons (Fsp3) is 0.375. The van der Waals surface area contributed by atoms with Gasteiger partial charge in [0.05, 0.1) is 11.1 Å². The molecule has 0 saturated heterocycles. The van der Waals surface area contributed by atoms with Crippen LogP contribution in [0.3, 0.4) is 0 Å². The quantitative estimate of drug-likeness (QED) is 0.915. The van der Waals surface area contributed by atoms with Gasteiger partial charge < -0.3 is 5.32 Å². The van der Waals surface area contributed by atoms with Gasteiger partial charge in [0, 0.05) is 17.1 Å². The number of aromatic nitrogens is 1. The Balaban J connectivity index is 2.18. The Bertz CT molecular complexity index is 644. The van der Waals surface area contributed by atoms with Gasteiger partial charge in [-0.15, -0.1) is 0 Å². The Morgan fingerprint density at radius 3 is 2.79 bits per heavy atom. The fourth-order valence-corrected chi connectivity index (χ4v) is 2.48. The highest BCUT2D eigenvalue weighted by molar-refractivity contribution is 6.07. The van der Waals surface area contributed by atoms with E-state index in [0.717, 1.165) is 47.0 Å². The SMILES string of the molecule is CCc1nc2ccccc2c(C(=O)NC2CC2)c1C. The summed E-state index contributed by atoms with van der Waals surface area (Å²) in [5.41, 5.74) is 3.74. The van der Waals surface area contributed by atoms with E-state index in [2.05, 4.69) is 17.2 Å². The van der Waals surface area contributed by atoms with E-state index in [-0.39, 0.29) is 5.91 Å². The first-order valence-electron chi connectivity index (χ1n) is 6.89. The number of hydrogen-bond donors (Lipinski definition) is 1. The second-order valence-electron chi connectivity index (χ2n) is 5.18. The summed E-state index contributed by atoms with van der Waals surface area (Å²) in [6.45, 7) is 4.08. The van der Waals surface area contributed by atoms with Crippen LogP contribution in [0, 0.1) is 6.92 Å². The summed E-state index contributed by atoms with van der Waals surface area (Å²) >= 11 is 0. The lowest BCUT2D eigenvalue weighted by atomic mass is 9.99. The molecule has 0 atom stereocenters. The molecule has 0 aliphatic heterocycles. The van der Waals surface area contributed by atoms with E-state index in [0.29, 0.717) is 6.04 Å². The zero-order chi connectivity index (χ0) is 13.4. The largest absolute Gasteiger partial charge is 0.349 e. The highest BCUT2D eigenvalue weighted by Gasteiger charge is 2.26. The molecule has 1 aliphatic carbocycles. The van der Waals surface area contributed by atoms with Crippen LogP contribution in [0.2, 0.25) is 0 Å². The molecule has 0 bridgehead atoms. The molecule has 98 valence electrons. The van der Waals surface area contributed by atoms with Crippen molar-refractivity contribution in [1.29, 1.82) is 0 Å². The van der Waals surface area contributed by atoms with Crippen molar-refractivity contribution in [1.82, 2.24) is 10.3 Å². The predicted molar refractivity (Wildman–Crippen MR) is 76.3 cm³/mol. The van der Waals surface area contributed by atoms with Crippen LogP contribution in [-0.4, -0.2) is 16.9 Å². The van der Waals surface area contributed by atoms with E-state index in [1.165, 1.54) is 0 Å². The van der Waals surface area contributed by atoms with E-state index in [9.17, 15) is 4.79 Å². The molecule has 1 heterocycles. The van der Waals surface area contributed by atoms with E-state index in [1.54, 1.807) is 0 Å². The number of fused-ring (bicyclic) bond motifs is 1. The van der Waals surface area contributed by atoms with Crippen molar-refractivity contribution >= 4 is 16.8 Å². The van der Waals surface area contributed by atoms with Gasteiger partial charge in [0.25, 0.3) is 5.91 Å². The molecular formula is C16H18N2O. The fourth-order valence-electron chi connectivity index (χ4n) is 2.48. The molecule has 1 aliphatic rings. The zero-order valence-corrected chi connectivity index (χ0v) is 11.4. The molecule has 19 heavy (non-hydrogen) atoms. The minimum atomic E-state index is 0.0494. The first-order chi connectivity index (χ1) is 9.20. The number of amides is 1. The van der Waals surface area contributed by atoms with Gasteiger partial charge >= 0.3 is 0 Å². The minimum absolute atomic E-state index is 0.0494. The van der Waals surface area contributed by atoms with Gasteiger partial charge in [-0.25, -0.2) is 0 Å². The summed E-state index contributed by atoms with van der Waals surface area (Å²) in [7, 11) is 0. The summed E-state index contributed by atoms with van der Waals surface area (Å²) in [5, 5.41) is 4.04. The van der Waals surface area contributed by atoms with Crippen molar-refractivity contribution in [2.75, 3.05) is 0 Å². The Hall–Kier alpha value is -1.90. The minimum Gasteiger partial charge on any atom is -0.349 e. The number of carbonyl (C=O) groups is 1. The topological polar surface area (TPSA) is 42.0 Å². The van der Waals surface area contributed by atoms with Crippen molar-refractivity contribution in [2.45, 2.75) is 39.2 Å². The van der Waals surface area contributed by atoms with Crippen molar-refractivity contribution < 1.29 is 4.79 Å². The van der Waals surface area contributed by atoms with E-state index in [4.69, 9.17) is 0 Å². The second-order valence-corrected chi connectivity index (χ2v) is 5.18. The monoisotopic (exact) mass is 254 g/mol. The lowest BCUT2D eigenvalue weighted by molar-refractivity contribution is 0.0952. The van der Waals surface area contributed by atoms with Crippen LogP contribution in [0.15, 0.2) is 24.3 Å². The van der Waals surface area contributed by atoms with Gasteiger partial charge in [0.15, 0.2) is 0 Å². The molecular weight excluding hydrogens is 236 g/mol. The molecule has 0 unspecified atom stereocenters. The Kier molecular flexibility index (Phi) is 2.97. The van der Waals surface area contributed by atoms with Gasteiger partial charge in [0.1, 0.15) is 0 Å². The number of para-hydroxylation sites is 1. The number of aryl methyl sites for hydroxylation is 1. The van der Waals surface area contributed by atoms with Gasteiger partial charge in [-0.1, -0.05) is 25.1 Å². The number of rotatable bonds is 3. The van der Waals surface area contributed by atoms with E-state index < -0.39 is 0 Å². The van der Waals surface area contributed by atoms with Crippen LogP contribution >= 0.6 is 0 Å². The molecule has 1 amide bonds. The predicted octanol–water partition coefficient (Wildman–Crippen LogP) is 3.00. The third-order valence-corrected chi connectivity index (χ3v) is 3.71. The third-order valence-electron chi connectivity index (χ3n) is 3.71. The summed E-state index contributed by atoms with van der Waals surface area (Å²) in [5.74, 6) is 0.0494. The van der Waals surface area contributed by atoms with Crippen molar-refractivity contribution in [3.63, 3.8) is 0 Å². The molecule has 3 rings (SSSR count). The highest BCUT2D eigenvalue weighted by Crippen LogP contribution is 2.25. The van der Waals surface area contributed by atoms with Gasteiger partial charge in [-0.3, -0.25) is 9.78 Å². The number of hydrogen-bond acceptors (Lipinski definition) is 2. The number of benzene rings is 1. The van der Waals surface area contributed by atoms with Gasteiger partial charge in [-0.05, 0) is 37.8 Å². The maximum absolute atomic E-state index is 12.5. The number of pyridine rings is 1. The van der Waals surface area contributed by atoms with Crippen LogP contribution in [0.5, 0.6) is 0 Å². The van der Waals surface area contributed by atoms with Crippen LogP contribution in [0.4, 0.5) is 0 Å². The average Bonchev–Trinajstić information content (AvgIpc) is 3.21. The number of nitrogens with one attached hydrogen (secondary N) is 1. The third kappa shape index (κ3) is 2.21. The lowest BCUT2D eigenvalue weighted by Gasteiger charge is -2.13. The number of nitrogens with zero attached hydrogens (tertiary/aromatic N) is 1. The summed E-state index contributed by atoms with van der Waals surface area (Å²) in [6.07, 6.45) is 3.06.